The van der Waals surface area contributed by atoms with Crippen LogP contribution in [0.3, 0.4) is 0 Å². The van der Waals surface area contributed by atoms with Crippen molar-refractivity contribution in [2.45, 2.75) is 6.42 Å². The number of hydrogen-bond donors (Lipinski definition) is 1. The lowest BCUT2D eigenvalue weighted by Crippen LogP contribution is -2.30. The lowest BCUT2D eigenvalue weighted by molar-refractivity contribution is -0.0598. The number of nitrogens with one attached hydrogen (secondary N) is 1. The summed E-state index contributed by atoms with van der Waals surface area (Å²) >= 11 is 0. The maximum Gasteiger partial charge on any atom is 0.345 e. The van der Waals surface area contributed by atoms with E-state index in [2.05, 4.69) is 5.32 Å². The number of urea groups is 1. The summed E-state index contributed by atoms with van der Waals surface area (Å²) < 4.78 is 11.1. The third-order valence-electron chi connectivity index (χ3n) is 3.50. The van der Waals surface area contributed by atoms with E-state index in [1.807, 2.05) is 36.4 Å². The SMILES string of the molecule is COc1ccccc1CCOc1ccc(NC(=O)N(C)OC)cc1. The molecule has 2 rings (SSSR count). The van der Waals surface area contributed by atoms with E-state index in [0.29, 0.717) is 12.3 Å². The molecule has 0 bridgehead atoms. The molecule has 24 heavy (non-hydrogen) atoms. The van der Waals surface area contributed by atoms with Gasteiger partial charge >= 0.3 is 6.03 Å². The zero-order valence-electron chi connectivity index (χ0n) is 14.1. The summed E-state index contributed by atoms with van der Waals surface area (Å²) in [6.07, 6.45) is 0.751. The molecule has 0 radical (unpaired) electrons. The van der Waals surface area contributed by atoms with Crippen LogP contribution in [-0.4, -0.2) is 39.0 Å². The Kier molecular flexibility index (Phi) is 6.45. The molecule has 0 aliphatic rings. The molecule has 0 unspecified atom stereocenters. The summed E-state index contributed by atoms with van der Waals surface area (Å²) in [5.41, 5.74) is 1.77. The Bertz CT molecular complexity index is 658. The molecule has 128 valence electrons. The van der Waals surface area contributed by atoms with Crippen LogP contribution >= 0.6 is 0 Å². The molecule has 0 aromatic heterocycles. The quantitative estimate of drug-likeness (QED) is 0.791. The van der Waals surface area contributed by atoms with E-state index < -0.39 is 0 Å². The maximum atomic E-state index is 11.7. The van der Waals surface area contributed by atoms with Crippen LogP contribution in [0.25, 0.3) is 0 Å². The molecule has 2 aromatic carbocycles. The van der Waals surface area contributed by atoms with Crippen molar-refractivity contribution in [2.24, 2.45) is 0 Å². The molecule has 6 nitrogen and oxygen atoms in total. The Morgan fingerprint density at radius 1 is 1.08 bits per heavy atom. The zero-order valence-corrected chi connectivity index (χ0v) is 14.1. The molecule has 0 spiro atoms. The monoisotopic (exact) mass is 330 g/mol. The molecule has 0 saturated heterocycles. The number of hydrogen-bond acceptors (Lipinski definition) is 4. The second-order valence-corrected chi connectivity index (χ2v) is 5.04. The van der Waals surface area contributed by atoms with Gasteiger partial charge in [-0.3, -0.25) is 4.84 Å². The minimum absolute atomic E-state index is 0.345. The number of anilines is 1. The Balaban J connectivity index is 1.85. The van der Waals surface area contributed by atoms with E-state index in [9.17, 15) is 4.79 Å². The largest absolute Gasteiger partial charge is 0.496 e. The molecule has 0 saturated carbocycles. The van der Waals surface area contributed by atoms with Crippen molar-refractivity contribution in [3.8, 4) is 11.5 Å². The van der Waals surface area contributed by atoms with Crippen LogP contribution in [0.5, 0.6) is 11.5 Å². The molecule has 2 amide bonds. The first-order chi connectivity index (χ1) is 11.6. The average Bonchev–Trinajstić information content (AvgIpc) is 2.62. The number of hydroxylamine groups is 2. The number of rotatable bonds is 7. The van der Waals surface area contributed by atoms with Gasteiger partial charge in [0.05, 0.1) is 20.8 Å². The highest BCUT2D eigenvalue weighted by Gasteiger charge is 2.07. The smallest absolute Gasteiger partial charge is 0.345 e. The molecule has 0 heterocycles. The number of ether oxygens (including phenoxy) is 2. The van der Waals surface area contributed by atoms with Crippen LogP contribution in [0.4, 0.5) is 10.5 Å². The topological polar surface area (TPSA) is 60.0 Å². The van der Waals surface area contributed by atoms with Gasteiger partial charge in [0, 0.05) is 19.2 Å². The lowest BCUT2D eigenvalue weighted by Gasteiger charge is -2.15. The van der Waals surface area contributed by atoms with Crippen molar-refractivity contribution in [3.63, 3.8) is 0 Å². The van der Waals surface area contributed by atoms with Gasteiger partial charge in [0.1, 0.15) is 11.5 Å². The van der Waals surface area contributed by atoms with Crippen LogP contribution in [0, 0.1) is 0 Å². The number of carbonyl (C=O) groups is 1. The third kappa shape index (κ3) is 4.89. The van der Waals surface area contributed by atoms with Gasteiger partial charge in [-0.15, -0.1) is 0 Å². The first-order valence-electron chi connectivity index (χ1n) is 7.57. The normalized spacial score (nSPS) is 10.1. The first-order valence-corrected chi connectivity index (χ1v) is 7.57. The van der Waals surface area contributed by atoms with Crippen molar-refractivity contribution in [2.75, 3.05) is 33.2 Å². The summed E-state index contributed by atoms with van der Waals surface area (Å²) in [5, 5.41) is 3.82. The van der Waals surface area contributed by atoms with Crippen molar-refractivity contribution in [1.29, 1.82) is 0 Å². The molecule has 2 aromatic rings. The van der Waals surface area contributed by atoms with Gasteiger partial charge in [-0.2, -0.15) is 0 Å². The number of methoxy groups -OCH3 is 1. The second-order valence-electron chi connectivity index (χ2n) is 5.04. The highest BCUT2D eigenvalue weighted by Crippen LogP contribution is 2.19. The van der Waals surface area contributed by atoms with Gasteiger partial charge in [-0.1, -0.05) is 18.2 Å². The van der Waals surface area contributed by atoms with Crippen LogP contribution in [0.2, 0.25) is 0 Å². The predicted octanol–water partition coefficient (Wildman–Crippen LogP) is 3.34. The first kappa shape index (κ1) is 17.6. The van der Waals surface area contributed by atoms with Crippen molar-refractivity contribution in [3.05, 3.63) is 54.1 Å². The molecule has 0 aliphatic carbocycles. The molecule has 6 heteroatoms. The molecular formula is C18H22N2O4. The zero-order chi connectivity index (χ0) is 17.4. The summed E-state index contributed by atoms with van der Waals surface area (Å²) in [7, 11) is 4.62. The van der Waals surface area contributed by atoms with Gasteiger partial charge in [0.2, 0.25) is 0 Å². The van der Waals surface area contributed by atoms with Gasteiger partial charge in [-0.25, -0.2) is 9.86 Å². The Labute approximate surface area is 141 Å². The number of nitrogens with zero attached hydrogens (tertiary/aromatic N) is 1. The Hall–Kier alpha value is -2.73. The van der Waals surface area contributed by atoms with E-state index in [1.165, 1.54) is 14.2 Å². The van der Waals surface area contributed by atoms with Gasteiger partial charge in [-0.05, 0) is 35.9 Å². The van der Waals surface area contributed by atoms with Crippen molar-refractivity contribution >= 4 is 11.7 Å². The van der Waals surface area contributed by atoms with Crippen LogP contribution in [0.1, 0.15) is 5.56 Å². The Morgan fingerprint density at radius 3 is 2.46 bits per heavy atom. The molecule has 1 N–H and O–H groups in total. The minimum atomic E-state index is -0.345. The van der Waals surface area contributed by atoms with Crippen LogP contribution < -0.4 is 14.8 Å². The highest BCUT2D eigenvalue weighted by atomic mass is 16.7. The minimum Gasteiger partial charge on any atom is -0.496 e. The fourth-order valence-electron chi connectivity index (χ4n) is 2.11. The second kappa shape index (κ2) is 8.79. The van der Waals surface area contributed by atoms with Gasteiger partial charge in [0.15, 0.2) is 0 Å². The van der Waals surface area contributed by atoms with Gasteiger partial charge < -0.3 is 14.8 Å². The molecule has 0 atom stereocenters. The lowest BCUT2D eigenvalue weighted by atomic mass is 10.1. The fraction of sp³-hybridized carbons (Fsp3) is 0.278. The summed E-state index contributed by atoms with van der Waals surface area (Å²) in [4.78, 5) is 16.5. The Morgan fingerprint density at radius 2 is 1.79 bits per heavy atom. The summed E-state index contributed by atoms with van der Waals surface area (Å²) in [5.74, 6) is 1.60. The van der Waals surface area contributed by atoms with E-state index in [4.69, 9.17) is 14.3 Å². The van der Waals surface area contributed by atoms with Crippen LogP contribution in [0.15, 0.2) is 48.5 Å². The van der Waals surface area contributed by atoms with E-state index in [0.717, 1.165) is 28.5 Å². The third-order valence-corrected chi connectivity index (χ3v) is 3.50. The van der Waals surface area contributed by atoms with Gasteiger partial charge in [0.25, 0.3) is 0 Å². The number of amides is 2. The number of benzene rings is 2. The molecule has 0 fully saturated rings. The summed E-state index contributed by atoms with van der Waals surface area (Å²) in [6.45, 7) is 0.540. The number of carbonyl (C=O) groups excluding carboxylic acids is 1. The van der Waals surface area contributed by atoms with E-state index in [-0.39, 0.29) is 6.03 Å². The summed E-state index contributed by atoms with van der Waals surface area (Å²) in [6, 6.07) is 14.7. The molecule has 0 aliphatic heterocycles. The molecular weight excluding hydrogens is 308 g/mol. The van der Waals surface area contributed by atoms with E-state index >= 15 is 0 Å². The van der Waals surface area contributed by atoms with E-state index in [1.54, 1.807) is 19.2 Å². The number of para-hydroxylation sites is 1. The predicted molar refractivity (Wildman–Crippen MR) is 92.4 cm³/mol. The van der Waals surface area contributed by atoms with Crippen molar-refractivity contribution in [1.82, 2.24) is 5.06 Å². The fourth-order valence-corrected chi connectivity index (χ4v) is 2.11. The van der Waals surface area contributed by atoms with Crippen molar-refractivity contribution < 1.29 is 19.1 Å². The standard InChI is InChI=1S/C18H22N2O4/c1-20(23-3)18(21)19-15-8-10-16(11-9-15)24-13-12-14-6-4-5-7-17(14)22-2/h4-11H,12-13H2,1-3H3,(H,19,21). The highest BCUT2D eigenvalue weighted by molar-refractivity contribution is 5.88. The maximum absolute atomic E-state index is 11.7. The average molecular weight is 330 g/mol. The van der Waals surface area contributed by atoms with Crippen LogP contribution in [-0.2, 0) is 11.3 Å².